The molecule has 12 heteroatoms. The van der Waals surface area contributed by atoms with E-state index in [0.29, 0.717) is 22.0 Å². The van der Waals surface area contributed by atoms with Crippen molar-refractivity contribution in [2.24, 2.45) is 5.73 Å². The van der Waals surface area contributed by atoms with Crippen LogP contribution in [-0.4, -0.2) is 48.4 Å². The smallest absolute Gasteiger partial charge is 0.289 e. The molecule has 33 heavy (non-hydrogen) atoms. The number of nitrogens with zero attached hydrogens (tertiary/aromatic N) is 5. The lowest BCUT2D eigenvalue weighted by molar-refractivity contribution is -0.0794. The Kier molecular flexibility index (Phi) is 6.51. The molecule has 0 unspecified atom stereocenters. The highest BCUT2D eigenvalue weighted by Crippen LogP contribution is 2.38. The number of halogens is 4. The number of alkyl halides is 2. The van der Waals surface area contributed by atoms with Gasteiger partial charge in [0.05, 0.1) is 6.04 Å². The zero-order valence-electron chi connectivity index (χ0n) is 17.6. The van der Waals surface area contributed by atoms with E-state index in [4.69, 9.17) is 29.1 Å². The summed E-state index contributed by atoms with van der Waals surface area (Å²) in [5, 5.41) is 3.41. The van der Waals surface area contributed by atoms with Gasteiger partial charge >= 0.3 is 0 Å². The number of imidazole rings is 1. The van der Waals surface area contributed by atoms with Gasteiger partial charge in [0, 0.05) is 60.2 Å². The number of nitrogens with one attached hydrogen (secondary N) is 1. The molecule has 1 aromatic carbocycles. The Morgan fingerprint density at radius 3 is 2.82 bits per heavy atom. The lowest BCUT2D eigenvalue weighted by atomic mass is 9.88. The standard InChI is InChI=1S/C21H21Cl2F2N7O/c1-12-9-27-20(29-15-6-21(24,25)7-15)30-18(12)31-10-16(28-11-31)19(33)32(23)17(8-26)13-3-2-4-14(22)5-13/h2-5,9-11,15,17H,6-8,26H2,1H3,(H,27,29,30)/t17-/m1/s1. The minimum Gasteiger partial charge on any atom is -0.351 e. The predicted octanol–water partition coefficient (Wildman–Crippen LogP) is 4.13. The SMILES string of the molecule is Cc1cnc(NC2CC(F)(F)C2)nc1-n1cnc(C(=O)N(Cl)[C@H](CN)c2cccc(Cl)c2)c1. The van der Waals surface area contributed by atoms with Crippen molar-refractivity contribution in [1.82, 2.24) is 23.9 Å². The molecule has 0 bridgehead atoms. The quantitative estimate of drug-likeness (QED) is 0.477. The molecule has 0 spiro atoms. The van der Waals surface area contributed by atoms with Crippen LogP contribution in [0.1, 0.15) is 40.5 Å². The average molecular weight is 496 g/mol. The Morgan fingerprint density at radius 1 is 1.39 bits per heavy atom. The Morgan fingerprint density at radius 2 is 2.15 bits per heavy atom. The summed E-state index contributed by atoms with van der Waals surface area (Å²) in [7, 11) is 0. The van der Waals surface area contributed by atoms with E-state index in [0.717, 1.165) is 4.42 Å². The van der Waals surface area contributed by atoms with Crippen molar-refractivity contribution < 1.29 is 13.6 Å². The number of carbonyl (C=O) groups is 1. The number of amides is 1. The average Bonchev–Trinajstić information content (AvgIpc) is 3.24. The second kappa shape index (κ2) is 9.20. The molecule has 174 valence electrons. The number of carbonyl (C=O) groups excluding carboxylic acids is 1. The molecule has 3 aromatic rings. The summed E-state index contributed by atoms with van der Waals surface area (Å²) in [6, 6.07) is 5.93. The summed E-state index contributed by atoms with van der Waals surface area (Å²) in [5.74, 6) is -2.52. The van der Waals surface area contributed by atoms with E-state index in [-0.39, 0.29) is 37.1 Å². The monoisotopic (exact) mass is 495 g/mol. The minimum atomic E-state index is -2.65. The summed E-state index contributed by atoms with van der Waals surface area (Å²) >= 11 is 12.4. The van der Waals surface area contributed by atoms with Gasteiger partial charge in [0.1, 0.15) is 17.8 Å². The summed E-state index contributed by atoms with van der Waals surface area (Å²) in [6.45, 7) is 1.87. The van der Waals surface area contributed by atoms with Crippen LogP contribution >= 0.6 is 23.4 Å². The maximum atomic E-state index is 13.1. The van der Waals surface area contributed by atoms with Crippen LogP contribution in [0.4, 0.5) is 14.7 Å². The molecule has 8 nitrogen and oxygen atoms in total. The number of anilines is 1. The van der Waals surface area contributed by atoms with Gasteiger partial charge in [0.15, 0.2) is 0 Å². The predicted molar refractivity (Wildman–Crippen MR) is 121 cm³/mol. The van der Waals surface area contributed by atoms with Gasteiger partial charge < -0.3 is 11.1 Å². The molecule has 1 aliphatic carbocycles. The number of nitrogens with two attached hydrogens (primary N) is 1. The lowest BCUT2D eigenvalue weighted by Crippen LogP contribution is -2.44. The van der Waals surface area contributed by atoms with Crippen LogP contribution in [0.15, 0.2) is 43.0 Å². The van der Waals surface area contributed by atoms with Gasteiger partial charge in [-0.3, -0.25) is 9.36 Å². The molecule has 1 saturated carbocycles. The Hall–Kier alpha value is -2.82. The van der Waals surface area contributed by atoms with E-state index in [9.17, 15) is 13.6 Å². The molecule has 2 aromatic heterocycles. The van der Waals surface area contributed by atoms with Gasteiger partial charge in [-0.2, -0.15) is 4.98 Å². The van der Waals surface area contributed by atoms with Gasteiger partial charge in [-0.15, -0.1) is 0 Å². The Bertz CT molecular complexity index is 1170. The van der Waals surface area contributed by atoms with Crippen molar-refractivity contribution in [3.63, 3.8) is 0 Å². The Balaban J connectivity index is 1.52. The van der Waals surface area contributed by atoms with E-state index in [2.05, 4.69) is 20.3 Å². The zero-order chi connectivity index (χ0) is 23.8. The first-order valence-corrected chi connectivity index (χ1v) is 10.9. The number of rotatable bonds is 7. The van der Waals surface area contributed by atoms with Crippen molar-refractivity contribution in [3.8, 4) is 5.82 Å². The Labute approximate surface area is 198 Å². The summed E-state index contributed by atoms with van der Waals surface area (Å²) < 4.78 is 28.7. The molecular formula is C21H21Cl2F2N7O. The summed E-state index contributed by atoms with van der Waals surface area (Å²) in [6.07, 6.45) is 3.96. The fourth-order valence-electron chi connectivity index (χ4n) is 3.58. The van der Waals surface area contributed by atoms with E-state index >= 15 is 0 Å². The van der Waals surface area contributed by atoms with E-state index < -0.39 is 17.9 Å². The largest absolute Gasteiger partial charge is 0.351 e. The highest BCUT2D eigenvalue weighted by molar-refractivity contribution is 6.30. The molecule has 3 N–H and O–H groups in total. The molecule has 0 saturated heterocycles. The lowest BCUT2D eigenvalue weighted by Gasteiger charge is -2.35. The van der Waals surface area contributed by atoms with Crippen LogP contribution in [0.3, 0.4) is 0 Å². The van der Waals surface area contributed by atoms with Crippen LogP contribution in [-0.2, 0) is 0 Å². The number of hydrogen-bond acceptors (Lipinski definition) is 6. The van der Waals surface area contributed by atoms with Gasteiger partial charge in [0.25, 0.3) is 11.8 Å². The molecule has 0 aliphatic heterocycles. The third-order valence-electron chi connectivity index (χ3n) is 5.34. The van der Waals surface area contributed by atoms with Crippen LogP contribution in [0, 0.1) is 6.92 Å². The molecule has 2 heterocycles. The molecule has 1 aliphatic rings. The first-order chi connectivity index (χ1) is 15.7. The second-order valence-corrected chi connectivity index (χ2v) is 8.70. The first kappa shape index (κ1) is 23.3. The normalized spacial score (nSPS) is 16.2. The molecule has 1 amide bonds. The van der Waals surface area contributed by atoms with E-state index in [1.165, 1.54) is 12.5 Å². The molecule has 1 fully saturated rings. The van der Waals surface area contributed by atoms with Gasteiger partial charge in [-0.25, -0.2) is 23.2 Å². The third kappa shape index (κ3) is 5.07. The van der Waals surface area contributed by atoms with Crippen molar-refractivity contribution in [2.45, 2.75) is 37.8 Å². The maximum Gasteiger partial charge on any atom is 0.289 e. The fraction of sp³-hybridized carbons (Fsp3) is 0.333. The maximum absolute atomic E-state index is 13.1. The van der Waals surface area contributed by atoms with Crippen molar-refractivity contribution in [1.29, 1.82) is 0 Å². The highest BCUT2D eigenvalue weighted by atomic mass is 35.5. The molecule has 4 rings (SSSR count). The first-order valence-electron chi connectivity index (χ1n) is 10.1. The van der Waals surface area contributed by atoms with Gasteiger partial charge in [-0.05, 0) is 24.6 Å². The molecular weight excluding hydrogens is 475 g/mol. The van der Waals surface area contributed by atoms with Crippen LogP contribution in [0.2, 0.25) is 5.02 Å². The second-order valence-electron chi connectivity index (χ2n) is 7.89. The van der Waals surface area contributed by atoms with Crippen LogP contribution < -0.4 is 11.1 Å². The highest BCUT2D eigenvalue weighted by Gasteiger charge is 2.45. The topological polar surface area (TPSA) is 102 Å². The van der Waals surface area contributed by atoms with Crippen LogP contribution in [0.5, 0.6) is 0 Å². The summed E-state index contributed by atoms with van der Waals surface area (Å²) in [4.78, 5) is 25.7. The minimum absolute atomic E-state index is 0.0799. The number of benzene rings is 1. The number of hydrogen-bond donors (Lipinski definition) is 2. The summed E-state index contributed by atoms with van der Waals surface area (Å²) in [5.41, 5.74) is 7.34. The number of aryl methyl sites for hydroxylation is 1. The zero-order valence-corrected chi connectivity index (χ0v) is 19.1. The van der Waals surface area contributed by atoms with Gasteiger partial charge in [-0.1, -0.05) is 23.7 Å². The number of aromatic nitrogens is 4. The van der Waals surface area contributed by atoms with Crippen molar-refractivity contribution in [3.05, 3.63) is 64.8 Å². The van der Waals surface area contributed by atoms with E-state index in [1.807, 2.05) is 0 Å². The van der Waals surface area contributed by atoms with E-state index in [1.54, 1.807) is 42.0 Å². The van der Waals surface area contributed by atoms with Crippen molar-refractivity contribution >= 4 is 35.2 Å². The fourth-order valence-corrected chi connectivity index (χ4v) is 4.06. The molecule has 0 radical (unpaired) electrons. The third-order valence-corrected chi connectivity index (χ3v) is 5.96. The molecule has 1 atom stereocenters. The van der Waals surface area contributed by atoms with Crippen LogP contribution in [0.25, 0.3) is 5.82 Å². The van der Waals surface area contributed by atoms with Crippen molar-refractivity contribution in [2.75, 3.05) is 11.9 Å². The van der Waals surface area contributed by atoms with Gasteiger partial charge in [0.2, 0.25) is 5.95 Å².